The number of carbonyl (C=O) groups is 1. The number of rotatable bonds is 5. The summed E-state index contributed by atoms with van der Waals surface area (Å²) in [5.74, 6) is 0.953. The van der Waals surface area contributed by atoms with E-state index in [2.05, 4.69) is 30.8 Å². The van der Waals surface area contributed by atoms with Crippen molar-refractivity contribution in [1.82, 2.24) is 19.9 Å². The molecule has 0 unspecified atom stereocenters. The number of benzene rings is 1. The Kier molecular flexibility index (Phi) is 6.54. The first-order valence-electron chi connectivity index (χ1n) is 13.7. The highest BCUT2D eigenvalue weighted by atomic mass is 16.1. The van der Waals surface area contributed by atoms with Crippen molar-refractivity contribution in [2.24, 2.45) is 4.99 Å². The maximum atomic E-state index is 13.5. The molecule has 0 spiro atoms. The van der Waals surface area contributed by atoms with Gasteiger partial charge in [0, 0.05) is 41.5 Å². The van der Waals surface area contributed by atoms with Gasteiger partial charge in [-0.15, -0.1) is 0 Å². The molecule has 2 aromatic heterocycles. The molecule has 5 heterocycles. The van der Waals surface area contributed by atoms with Gasteiger partial charge in [-0.2, -0.15) is 5.26 Å². The number of nitrogens with zero attached hydrogens (tertiary/aromatic N) is 6. The Morgan fingerprint density at radius 3 is 2.53 bits per heavy atom. The molecule has 0 radical (unpaired) electrons. The van der Waals surface area contributed by atoms with Gasteiger partial charge in [-0.25, -0.2) is 9.97 Å². The smallest absolute Gasteiger partial charge is 0.228 e. The number of aromatic nitrogens is 3. The third-order valence-electron chi connectivity index (χ3n) is 8.26. The van der Waals surface area contributed by atoms with E-state index in [0.717, 1.165) is 59.7 Å². The van der Waals surface area contributed by atoms with Gasteiger partial charge >= 0.3 is 0 Å². The van der Waals surface area contributed by atoms with E-state index in [1.165, 1.54) is 32.4 Å². The molecule has 0 bridgehead atoms. The van der Waals surface area contributed by atoms with Crippen LogP contribution in [-0.2, 0) is 0 Å². The summed E-state index contributed by atoms with van der Waals surface area (Å²) in [6, 6.07) is 12.1. The highest BCUT2D eigenvalue weighted by Gasteiger charge is 2.27. The fraction of sp³-hybridized carbons (Fsp3) is 0.433. The molecule has 1 N–H and O–H groups in total. The Bertz CT molecular complexity index is 1490. The molecule has 0 amide bonds. The van der Waals surface area contributed by atoms with Crippen molar-refractivity contribution in [2.75, 3.05) is 37.6 Å². The van der Waals surface area contributed by atoms with Crippen molar-refractivity contribution in [1.29, 1.82) is 5.26 Å². The minimum atomic E-state index is -0.219. The normalized spacial score (nSPS) is 19.2. The zero-order valence-electron chi connectivity index (χ0n) is 22.1. The highest BCUT2D eigenvalue weighted by Crippen LogP contribution is 2.30. The Labute approximate surface area is 223 Å². The van der Waals surface area contributed by atoms with Crippen molar-refractivity contribution in [3.05, 3.63) is 58.4 Å². The number of piperidine rings is 2. The summed E-state index contributed by atoms with van der Waals surface area (Å²) in [4.78, 5) is 35.5. The maximum Gasteiger partial charge on any atom is 0.228 e. The lowest BCUT2D eigenvalue weighted by Gasteiger charge is -2.40. The van der Waals surface area contributed by atoms with Crippen LogP contribution < -0.4 is 4.90 Å². The summed E-state index contributed by atoms with van der Waals surface area (Å²) in [6.07, 6.45) is 6.34. The van der Waals surface area contributed by atoms with Crippen molar-refractivity contribution in [3.63, 3.8) is 0 Å². The van der Waals surface area contributed by atoms with Gasteiger partial charge in [-0.05, 0) is 88.5 Å². The average Bonchev–Trinajstić information content (AvgIpc) is 3.54. The number of carbonyl (C=O) groups excluding carboxylic acids is 1. The van der Waals surface area contributed by atoms with Gasteiger partial charge < -0.3 is 14.8 Å². The predicted molar refractivity (Wildman–Crippen MR) is 150 cm³/mol. The summed E-state index contributed by atoms with van der Waals surface area (Å²) >= 11 is 0. The number of hydrogen-bond acceptors (Lipinski definition) is 7. The van der Waals surface area contributed by atoms with E-state index in [9.17, 15) is 10.1 Å². The first-order valence-corrected chi connectivity index (χ1v) is 13.7. The highest BCUT2D eigenvalue weighted by molar-refractivity contribution is 6.26. The molecular weight excluding hydrogens is 474 g/mol. The van der Waals surface area contributed by atoms with Crippen LogP contribution in [0.3, 0.4) is 0 Å². The number of aromatic amines is 1. The van der Waals surface area contributed by atoms with Crippen LogP contribution in [0.2, 0.25) is 0 Å². The lowest BCUT2D eigenvalue weighted by Crippen LogP contribution is -2.46. The van der Waals surface area contributed by atoms with E-state index in [-0.39, 0.29) is 11.6 Å². The number of anilines is 1. The summed E-state index contributed by atoms with van der Waals surface area (Å²) < 4.78 is 0. The Hall–Kier alpha value is -3.83. The lowest BCUT2D eigenvalue weighted by atomic mass is 9.92. The molecule has 6 rings (SSSR count). The van der Waals surface area contributed by atoms with Crippen LogP contribution in [0.1, 0.15) is 73.3 Å². The lowest BCUT2D eigenvalue weighted by molar-refractivity contribution is 0.103. The van der Waals surface area contributed by atoms with Gasteiger partial charge in [-0.3, -0.25) is 9.79 Å². The largest absolute Gasteiger partial charge is 0.356 e. The number of ketones is 1. The zero-order valence-corrected chi connectivity index (χ0v) is 22.1. The summed E-state index contributed by atoms with van der Waals surface area (Å²) in [7, 11) is 0. The van der Waals surface area contributed by atoms with Gasteiger partial charge in [0.25, 0.3) is 0 Å². The van der Waals surface area contributed by atoms with E-state index in [1.807, 2.05) is 26.0 Å². The minimum Gasteiger partial charge on any atom is -0.356 e. The van der Waals surface area contributed by atoms with Crippen LogP contribution in [-0.4, -0.2) is 70.1 Å². The van der Waals surface area contributed by atoms with Crippen LogP contribution in [0.15, 0.2) is 40.9 Å². The van der Waals surface area contributed by atoms with Gasteiger partial charge in [-0.1, -0.05) is 6.42 Å². The first kappa shape index (κ1) is 24.5. The number of likely N-dealkylation sites (tertiary alicyclic amines) is 1. The molecule has 0 saturated carbocycles. The predicted octanol–water partition coefficient (Wildman–Crippen LogP) is 4.76. The van der Waals surface area contributed by atoms with Crippen LogP contribution in [0.5, 0.6) is 0 Å². The fourth-order valence-electron chi connectivity index (χ4n) is 6.17. The van der Waals surface area contributed by atoms with Gasteiger partial charge in [0.1, 0.15) is 5.82 Å². The molecule has 2 fully saturated rings. The summed E-state index contributed by atoms with van der Waals surface area (Å²) in [5, 5.41) is 9.68. The number of allylic oxidation sites excluding steroid dienone is 1. The van der Waals surface area contributed by atoms with E-state index < -0.39 is 0 Å². The molecule has 38 heavy (non-hydrogen) atoms. The number of aliphatic imine (C=N–C) groups is 1. The number of imidazole rings is 1. The molecule has 3 aliphatic heterocycles. The van der Waals surface area contributed by atoms with Crippen LogP contribution in [0.4, 0.5) is 5.82 Å². The number of nitriles is 1. The van der Waals surface area contributed by atoms with Crippen LogP contribution in [0.25, 0.3) is 16.7 Å². The molecule has 1 aromatic carbocycles. The van der Waals surface area contributed by atoms with Gasteiger partial charge in [0.05, 0.1) is 23.7 Å². The molecular formula is C30H33N7O. The molecule has 0 atom stereocenters. The number of pyridine rings is 1. The standard InChI is InChI=1S/C30H33N7O/c1-19-18-32-20(2)27(19)24-16-21(6-7-22(24)17-31)28(38)30-33-25-8-9-26(34-29(25)35-30)37-14-10-23(11-15-37)36-12-4-3-5-13-36/h6-9,16,23H,3-5,10-15,18H2,1-2H3,(H,33,34,35). The Balaban J connectivity index is 1.22. The number of H-pyrrole nitrogens is 1. The Morgan fingerprint density at radius 1 is 1.03 bits per heavy atom. The molecule has 3 aromatic rings. The number of fused-ring (bicyclic) bond motifs is 1. The molecule has 194 valence electrons. The summed E-state index contributed by atoms with van der Waals surface area (Å²) in [5.41, 5.74) is 6.01. The van der Waals surface area contributed by atoms with Crippen molar-refractivity contribution in [2.45, 2.75) is 52.0 Å². The quantitative estimate of drug-likeness (QED) is 0.500. The number of nitrogens with one attached hydrogen (secondary N) is 1. The van der Waals surface area contributed by atoms with E-state index in [4.69, 9.17) is 4.98 Å². The van der Waals surface area contributed by atoms with Crippen molar-refractivity contribution >= 4 is 34.0 Å². The molecule has 8 nitrogen and oxygen atoms in total. The van der Waals surface area contributed by atoms with Gasteiger partial charge in [0.2, 0.25) is 5.78 Å². The monoisotopic (exact) mass is 507 g/mol. The summed E-state index contributed by atoms with van der Waals surface area (Å²) in [6.45, 7) is 9.04. The zero-order chi connectivity index (χ0) is 26.2. The van der Waals surface area contributed by atoms with Crippen LogP contribution >= 0.6 is 0 Å². The van der Waals surface area contributed by atoms with Gasteiger partial charge in [0.15, 0.2) is 11.5 Å². The topological polar surface area (TPSA) is 101 Å². The average molecular weight is 508 g/mol. The second-order valence-electron chi connectivity index (χ2n) is 10.7. The van der Waals surface area contributed by atoms with Crippen LogP contribution in [0, 0.1) is 11.3 Å². The molecule has 2 saturated heterocycles. The van der Waals surface area contributed by atoms with E-state index in [1.54, 1.807) is 18.2 Å². The third kappa shape index (κ3) is 4.52. The van der Waals surface area contributed by atoms with E-state index in [0.29, 0.717) is 29.4 Å². The molecule has 0 aliphatic carbocycles. The minimum absolute atomic E-state index is 0.219. The third-order valence-corrected chi connectivity index (χ3v) is 8.26. The van der Waals surface area contributed by atoms with Crippen molar-refractivity contribution < 1.29 is 4.79 Å². The number of hydrogen-bond donors (Lipinski definition) is 1. The second kappa shape index (κ2) is 10.1. The second-order valence-corrected chi connectivity index (χ2v) is 10.7. The SMILES string of the molecule is CC1=NCC(C)=C1c1cc(C(=O)c2nc3nc(N4CCC(N5CCCCC5)CC4)ccc3[nH]2)ccc1C#N. The molecule has 3 aliphatic rings. The maximum absolute atomic E-state index is 13.5. The Morgan fingerprint density at radius 2 is 1.82 bits per heavy atom. The molecule has 8 heteroatoms. The van der Waals surface area contributed by atoms with E-state index >= 15 is 0 Å². The fourth-order valence-corrected chi connectivity index (χ4v) is 6.17. The first-order chi connectivity index (χ1) is 18.5. The van der Waals surface area contributed by atoms with Crippen molar-refractivity contribution in [3.8, 4) is 6.07 Å².